The normalized spacial score (nSPS) is 23.0. The van der Waals surface area contributed by atoms with Gasteiger partial charge in [0.05, 0.1) is 18.3 Å². The number of hydrogen-bond acceptors (Lipinski definition) is 4. The molecule has 0 aromatic carbocycles. The van der Waals surface area contributed by atoms with Crippen LogP contribution in [0.25, 0.3) is 0 Å². The van der Waals surface area contributed by atoms with Gasteiger partial charge in [0, 0.05) is 39.8 Å². The van der Waals surface area contributed by atoms with Crippen LogP contribution in [0.3, 0.4) is 0 Å². The standard InChI is InChI=1S/C43H79NO3/c1-5-7-9-11-13-15-17-19-21-23-25-27-29-31-33-35-37-43(45-41-38-40(47-44(3)4)39-42(41)46-43)36-34-32-30-28-26-24-22-20-18-16-14-12-10-8-6-2/h13,15,18-21,40-42H,5-12,14,16-17,22-39H2,1-4H3/b15-13-,20-18-,21-19-/t40-,41+,42-,43?. The van der Waals surface area contributed by atoms with Gasteiger partial charge in [-0.25, -0.2) is 0 Å². The van der Waals surface area contributed by atoms with Gasteiger partial charge in [0.25, 0.3) is 0 Å². The van der Waals surface area contributed by atoms with Gasteiger partial charge in [0.2, 0.25) is 0 Å². The van der Waals surface area contributed by atoms with Crippen LogP contribution in [0.5, 0.6) is 0 Å². The lowest BCUT2D eigenvalue weighted by Crippen LogP contribution is -2.33. The predicted molar refractivity (Wildman–Crippen MR) is 204 cm³/mol. The molecule has 1 aliphatic heterocycles. The summed E-state index contributed by atoms with van der Waals surface area (Å²) >= 11 is 0. The van der Waals surface area contributed by atoms with E-state index in [1.165, 1.54) is 154 Å². The lowest BCUT2D eigenvalue weighted by molar-refractivity contribution is -0.213. The number of nitrogens with zero attached hydrogens (tertiary/aromatic N) is 1. The van der Waals surface area contributed by atoms with Gasteiger partial charge >= 0.3 is 0 Å². The Morgan fingerprint density at radius 3 is 1.32 bits per heavy atom. The van der Waals surface area contributed by atoms with E-state index in [0.29, 0.717) is 0 Å². The number of unbranched alkanes of at least 4 members (excludes halogenated alkanes) is 20. The minimum atomic E-state index is -0.352. The molecule has 0 radical (unpaired) electrons. The van der Waals surface area contributed by atoms with Crippen LogP contribution >= 0.6 is 0 Å². The van der Waals surface area contributed by atoms with E-state index in [9.17, 15) is 0 Å². The molecule has 1 aliphatic carbocycles. The fourth-order valence-corrected chi connectivity index (χ4v) is 7.34. The van der Waals surface area contributed by atoms with E-state index in [1.54, 1.807) is 0 Å². The van der Waals surface area contributed by atoms with Crippen molar-refractivity contribution in [3.63, 3.8) is 0 Å². The van der Waals surface area contributed by atoms with Gasteiger partial charge in [-0.3, -0.25) is 4.84 Å². The molecule has 1 heterocycles. The third-order valence-electron chi connectivity index (χ3n) is 10.1. The molecule has 1 saturated heterocycles. The molecule has 4 atom stereocenters. The molecule has 2 aliphatic rings. The highest BCUT2D eigenvalue weighted by Crippen LogP contribution is 2.44. The maximum absolute atomic E-state index is 6.79. The highest BCUT2D eigenvalue weighted by atomic mass is 16.8. The second kappa shape index (κ2) is 28.9. The zero-order valence-corrected chi connectivity index (χ0v) is 31.9. The number of hydrogen-bond donors (Lipinski definition) is 0. The van der Waals surface area contributed by atoms with Gasteiger partial charge in [-0.15, -0.1) is 0 Å². The summed E-state index contributed by atoms with van der Waals surface area (Å²) < 4.78 is 13.6. The van der Waals surface area contributed by atoms with Crippen LogP contribution in [-0.2, 0) is 14.3 Å². The Balaban J connectivity index is 1.57. The van der Waals surface area contributed by atoms with Crippen LogP contribution in [0.2, 0.25) is 0 Å². The van der Waals surface area contributed by atoms with Gasteiger partial charge in [-0.05, 0) is 70.6 Å². The number of allylic oxidation sites excluding steroid dienone is 6. The van der Waals surface area contributed by atoms with E-state index in [-0.39, 0.29) is 24.1 Å². The van der Waals surface area contributed by atoms with E-state index in [1.807, 2.05) is 19.2 Å². The Bertz CT molecular complexity index is 776. The molecule has 0 aromatic heterocycles. The fraction of sp³-hybridized carbons (Fsp3) is 0.860. The van der Waals surface area contributed by atoms with Crippen LogP contribution in [0.15, 0.2) is 36.5 Å². The Morgan fingerprint density at radius 1 is 0.511 bits per heavy atom. The Labute approximate surface area is 293 Å². The summed E-state index contributed by atoms with van der Waals surface area (Å²) in [5.41, 5.74) is 0. The van der Waals surface area contributed by atoms with Crippen molar-refractivity contribution in [2.75, 3.05) is 14.1 Å². The monoisotopic (exact) mass is 658 g/mol. The Kier molecular flexibility index (Phi) is 25.9. The fourth-order valence-electron chi connectivity index (χ4n) is 7.34. The molecule has 0 amide bonds. The molecule has 1 saturated carbocycles. The summed E-state index contributed by atoms with van der Waals surface area (Å²) in [6.07, 6.45) is 51.7. The largest absolute Gasteiger partial charge is 0.344 e. The van der Waals surface area contributed by atoms with Gasteiger partial charge in [0.1, 0.15) is 0 Å². The molecule has 4 nitrogen and oxygen atoms in total. The van der Waals surface area contributed by atoms with Crippen molar-refractivity contribution < 1.29 is 14.3 Å². The summed E-state index contributed by atoms with van der Waals surface area (Å²) in [6, 6.07) is 0. The van der Waals surface area contributed by atoms with Crippen LogP contribution in [-0.4, -0.2) is 43.3 Å². The molecular weight excluding hydrogens is 578 g/mol. The second-order valence-corrected chi connectivity index (χ2v) is 14.9. The van der Waals surface area contributed by atoms with E-state index < -0.39 is 0 Å². The molecule has 1 unspecified atom stereocenters. The van der Waals surface area contributed by atoms with E-state index in [0.717, 1.165) is 32.1 Å². The molecule has 0 N–H and O–H groups in total. The van der Waals surface area contributed by atoms with Crippen LogP contribution < -0.4 is 0 Å². The minimum Gasteiger partial charge on any atom is -0.344 e. The van der Waals surface area contributed by atoms with Crippen molar-refractivity contribution in [1.82, 2.24) is 5.06 Å². The number of fused-ring (bicyclic) bond motifs is 1. The average molecular weight is 658 g/mol. The summed E-state index contributed by atoms with van der Waals surface area (Å²) in [6.45, 7) is 4.56. The third-order valence-corrected chi connectivity index (χ3v) is 10.1. The Morgan fingerprint density at radius 2 is 0.872 bits per heavy atom. The van der Waals surface area contributed by atoms with Crippen LogP contribution in [0.4, 0.5) is 0 Å². The first-order valence-corrected chi connectivity index (χ1v) is 20.7. The van der Waals surface area contributed by atoms with Crippen molar-refractivity contribution in [2.45, 2.75) is 224 Å². The zero-order chi connectivity index (χ0) is 33.7. The molecular formula is C43H79NO3. The topological polar surface area (TPSA) is 30.9 Å². The van der Waals surface area contributed by atoms with Crippen LogP contribution in [0.1, 0.15) is 200 Å². The van der Waals surface area contributed by atoms with Gasteiger partial charge in [-0.1, -0.05) is 140 Å². The first-order valence-electron chi connectivity index (χ1n) is 20.7. The lowest BCUT2D eigenvalue weighted by atomic mass is 9.98. The predicted octanol–water partition coefficient (Wildman–Crippen LogP) is 13.4. The average Bonchev–Trinajstić information content (AvgIpc) is 3.57. The van der Waals surface area contributed by atoms with Crippen molar-refractivity contribution in [3.05, 3.63) is 36.5 Å². The Hall–Kier alpha value is -0.940. The first-order chi connectivity index (χ1) is 23.1. The first kappa shape index (κ1) is 42.2. The molecule has 0 spiro atoms. The van der Waals surface area contributed by atoms with E-state index in [2.05, 4.69) is 50.3 Å². The summed E-state index contributed by atoms with van der Waals surface area (Å²) in [4.78, 5) is 5.96. The highest BCUT2D eigenvalue weighted by Gasteiger charge is 2.51. The molecule has 4 heteroatoms. The summed E-state index contributed by atoms with van der Waals surface area (Å²) in [7, 11) is 3.94. The van der Waals surface area contributed by atoms with E-state index >= 15 is 0 Å². The SMILES string of the molecule is CCCCC/C=C\C/C=C\CCCCCCCCC1(CCCCCCCC/C=C\CCCCCCC)O[C@H]2C[C@@H](ON(C)C)C[C@H]2O1. The third kappa shape index (κ3) is 21.7. The molecule has 274 valence electrons. The molecule has 2 rings (SSSR count). The van der Waals surface area contributed by atoms with Crippen molar-refractivity contribution in [2.24, 2.45) is 0 Å². The lowest BCUT2D eigenvalue weighted by Gasteiger charge is -2.30. The van der Waals surface area contributed by atoms with Crippen LogP contribution in [0, 0.1) is 0 Å². The van der Waals surface area contributed by atoms with Gasteiger partial charge < -0.3 is 9.47 Å². The quantitative estimate of drug-likeness (QED) is 0.0409. The number of hydroxylamine groups is 2. The van der Waals surface area contributed by atoms with Crippen molar-refractivity contribution in [3.8, 4) is 0 Å². The van der Waals surface area contributed by atoms with Crippen molar-refractivity contribution >= 4 is 0 Å². The second-order valence-electron chi connectivity index (χ2n) is 14.9. The molecule has 0 aromatic rings. The maximum Gasteiger partial charge on any atom is 0.169 e. The molecule has 47 heavy (non-hydrogen) atoms. The smallest absolute Gasteiger partial charge is 0.169 e. The molecule has 0 bridgehead atoms. The highest BCUT2D eigenvalue weighted by molar-refractivity contribution is 4.95. The number of ether oxygens (including phenoxy) is 2. The van der Waals surface area contributed by atoms with Crippen molar-refractivity contribution in [1.29, 1.82) is 0 Å². The number of rotatable bonds is 32. The van der Waals surface area contributed by atoms with Gasteiger partial charge in [-0.2, -0.15) is 5.06 Å². The minimum absolute atomic E-state index is 0.203. The van der Waals surface area contributed by atoms with Gasteiger partial charge in [0.15, 0.2) is 5.79 Å². The zero-order valence-electron chi connectivity index (χ0n) is 31.9. The maximum atomic E-state index is 6.79. The summed E-state index contributed by atoms with van der Waals surface area (Å²) in [5, 5.41) is 1.83. The van der Waals surface area contributed by atoms with E-state index in [4.69, 9.17) is 14.3 Å². The molecule has 2 fully saturated rings. The summed E-state index contributed by atoms with van der Waals surface area (Å²) in [5.74, 6) is -0.352.